The summed E-state index contributed by atoms with van der Waals surface area (Å²) in [6.07, 6.45) is 11.7. The summed E-state index contributed by atoms with van der Waals surface area (Å²) >= 11 is 0. The van der Waals surface area contributed by atoms with E-state index in [0.29, 0.717) is 5.92 Å². The Kier molecular flexibility index (Phi) is 1.69. The number of imidazole rings is 1. The average molecular weight is 225 g/mol. The molecule has 4 rings (SSSR count). The molecule has 0 aliphatic heterocycles. The lowest BCUT2D eigenvalue weighted by Gasteiger charge is -2.05. The zero-order chi connectivity index (χ0) is 11.2. The first kappa shape index (κ1) is 8.98. The molecule has 0 N–H and O–H groups in total. The zero-order valence-corrected chi connectivity index (χ0v) is 9.21. The van der Waals surface area contributed by atoms with Crippen molar-refractivity contribution in [3.63, 3.8) is 0 Å². The molecule has 0 bridgehead atoms. The van der Waals surface area contributed by atoms with Crippen molar-refractivity contribution in [2.45, 2.75) is 18.8 Å². The third-order valence-electron chi connectivity index (χ3n) is 3.26. The number of rotatable bonds is 2. The van der Waals surface area contributed by atoms with Crippen LogP contribution in [0.1, 0.15) is 24.3 Å². The van der Waals surface area contributed by atoms with Crippen molar-refractivity contribution in [1.29, 1.82) is 0 Å². The Morgan fingerprint density at radius 3 is 3.06 bits per heavy atom. The minimum Gasteiger partial charge on any atom is -0.443 e. The standard InChI is InChI=1S/C13H11N3O/c1-2-9(1)10-5-11(12-6-14-8-17-12)13-15-3-4-16(13)7-10/h3-9H,1-2H2. The molecule has 0 unspecified atom stereocenters. The van der Waals surface area contributed by atoms with Crippen molar-refractivity contribution in [2.75, 3.05) is 0 Å². The van der Waals surface area contributed by atoms with E-state index in [0.717, 1.165) is 17.0 Å². The van der Waals surface area contributed by atoms with Crippen molar-refractivity contribution in [2.24, 2.45) is 0 Å². The Balaban J connectivity index is 2.01. The molecule has 4 nitrogen and oxygen atoms in total. The van der Waals surface area contributed by atoms with Gasteiger partial charge >= 0.3 is 0 Å². The number of aromatic nitrogens is 3. The summed E-state index contributed by atoms with van der Waals surface area (Å²) in [7, 11) is 0. The average Bonchev–Trinajstić information content (AvgIpc) is 2.89. The van der Waals surface area contributed by atoms with Gasteiger partial charge in [0.1, 0.15) is 5.65 Å². The molecule has 0 spiro atoms. The van der Waals surface area contributed by atoms with Gasteiger partial charge in [-0.15, -0.1) is 0 Å². The molecule has 1 aliphatic carbocycles. The molecule has 4 heteroatoms. The molecule has 1 saturated carbocycles. The lowest BCUT2D eigenvalue weighted by atomic mass is 10.1. The van der Waals surface area contributed by atoms with Crippen LogP contribution in [0, 0.1) is 0 Å². The SMILES string of the molecule is c1cn2cc(C3CC3)cc(-c3cnco3)c2n1. The predicted molar refractivity (Wildman–Crippen MR) is 62.7 cm³/mol. The van der Waals surface area contributed by atoms with Gasteiger partial charge < -0.3 is 8.82 Å². The second-order valence-electron chi connectivity index (χ2n) is 4.49. The lowest BCUT2D eigenvalue weighted by molar-refractivity contribution is 0.572. The van der Waals surface area contributed by atoms with Crippen molar-refractivity contribution in [3.8, 4) is 11.3 Å². The maximum atomic E-state index is 5.39. The van der Waals surface area contributed by atoms with Gasteiger partial charge in [0.15, 0.2) is 12.2 Å². The molecule has 0 saturated heterocycles. The van der Waals surface area contributed by atoms with Gasteiger partial charge in [0.05, 0.1) is 11.8 Å². The van der Waals surface area contributed by atoms with E-state index in [4.69, 9.17) is 4.42 Å². The number of hydrogen-bond acceptors (Lipinski definition) is 3. The number of oxazole rings is 1. The highest BCUT2D eigenvalue weighted by atomic mass is 16.3. The van der Waals surface area contributed by atoms with Crippen LogP contribution >= 0.6 is 0 Å². The highest BCUT2D eigenvalue weighted by Crippen LogP contribution is 2.41. The molecule has 3 heterocycles. The van der Waals surface area contributed by atoms with Crippen molar-refractivity contribution in [1.82, 2.24) is 14.4 Å². The second kappa shape index (κ2) is 3.20. The second-order valence-corrected chi connectivity index (χ2v) is 4.49. The summed E-state index contributed by atoms with van der Waals surface area (Å²) in [6, 6.07) is 2.18. The number of fused-ring (bicyclic) bond motifs is 1. The minimum atomic E-state index is 0.712. The van der Waals surface area contributed by atoms with Crippen LogP contribution in [-0.4, -0.2) is 14.4 Å². The maximum Gasteiger partial charge on any atom is 0.181 e. The first-order chi connectivity index (χ1) is 8.42. The largest absolute Gasteiger partial charge is 0.443 e. The zero-order valence-electron chi connectivity index (χ0n) is 9.21. The van der Waals surface area contributed by atoms with E-state index in [2.05, 4.69) is 26.6 Å². The Morgan fingerprint density at radius 2 is 2.29 bits per heavy atom. The van der Waals surface area contributed by atoms with Gasteiger partial charge in [-0.2, -0.15) is 0 Å². The molecule has 3 aromatic rings. The third-order valence-corrected chi connectivity index (χ3v) is 3.26. The normalized spacial score (nSPS) is 15.5. The monoisotopic (exact) mass is 225 g/mol. The number of nitrogens with zero attached hydrogens (tertiary/aromatic N) is 3. The van der Waals surface area contributed by atoms with Crippen LogP contribution in [-0.2, 0) is 0 Å². The molecule has 0 radical (unpaired) electrons. The molecule has 3 aromatic heterocycles. The number of hydrogen-bond donors (Lipinski definition) is 0. The Hall–Kier alpha value is -2.10. The molecular formula is C13H11N3O. The molecule has 17 heavy (non-hydrogen) atoms. The van der Waals surface area contributed by atoms with E-state index in [1.54, 1.807) is 6.20 Å². The van der Waals surface area contributed by atoms with E-state index in [-0.39, 0.29) is 0 Å². The van der Waals surface area contributed by atoms with Crippen LogP contribution in [0.4, 0.5) is 0 Å². The van der Waals surface area contributed by atoms with E-state index in [1.165, 1.54) is 24.8 Å². The first-order valence-electron chi connectivity index (χ1n) is 5.77. The topological polar surface area (TPSA) is 43.3 Å². The van der Waals surface area contributed by atoms with Gasteiger partial charge in [-0.3, -0.25) is 0 Å². The fraction of sp³-hybridized carbons (Fsp3) is 0.231. The fourth-order valence-electron chi connectivity index (χ4n) is 2.22. The third kappa shape index (κ3) is 1.37. The first-order valence-corrected chi connectivity index (χ1v) is 5.77. The molecule has 84 valence electrons. The van der Waals surface area contributed by atoms with Crippen molar-refractivity contribution < 1.29 is 4.42 Å². The van der Waals surface area contributed by atoms with Crippen LogP contribution in [0.5, 0.6) is 0 Å². The molecule has 1 fully saturated rings. The highest BCUT2D eigenvalue weighted by molar-refractivity contribution is 5.74. The van der Waals surface area contributed by atoms with Crippen LogP contribution in [0.2, 0.25) is 0 Å². The van der Waals surface area contributed by atoms with Gasteiger partial charge in [0.2, 0.25) is 0 Å². The molecule has 1 aliphatic rings. The van der Waals surface area contributed by atoms with E-state index in [1.807, 2.05) is 12.4 Å². The van der Waals surface area contributed by atoms with E-state index in [9.17, 15) is 0 Å². The Labute approximate surface area is 97.9 Å². The summed E-state index contributed by atoms with van der Waals surface area (Å²) in [5.41, 5.74) is 3.31. The van der Waals surface area contributed by atoms with Crippen LogP contribution in [0.25, 0.3) is 17.0 Å². The van der Waals surface area contributed by atoms with Crippen LogP contribution in [0.15, 0.2) is 41.7 Å². The quantitative estimate of drug-likeness (QED) is 0.673. The lowest BCUT2D eigenvalue weighted by Crippen LogP contribution is -1.91. The summed E-state index contributed by atoms with van der Waals surface area (Å²) in [6.45, 7) is 0. The van der Waals surface area contributed by atoms with Crippen molar-refractivity contribution in [3.05, 3.63) is 42.8 Å². The molecule has 0 aromatic carbocycles. The summed E-state index contributed by atoms with van der Waals surface area (Å²) in [5, 5.41) is 0. The predicted octanol–water partition coefficient (Wildman–Crippen LogP) is 2.87. The Bertz CT molecular complexity index is 665. The van der Waals surface area contributed by atoms with Crippen LogP contribution in [0.3, 0.4) is 0 Å². The number of pyridine rings is 1. The van der Waals surface area contributed by atoms with Gasteiger partial charge in [0, 0.05) is 18.6 Å². The summed E-state index contributed by atoms with van der Waals surface area (Å²) in [5.74, 6) is 1.49. The fourth-order valence-corrected chi connectivity index (χ4v) is 2.22. The molecule has 0 amide bonds. The van der Waals surface area contributed by atoms with E-state index < -0.39 is 0 Å². The van der Waals surface area contributed by atoms with Gasteiger partial charge in [-0.25, -0.2) is 9.97 Å². The molecule has 0 atom stereocenters. The Morgan fingerprint density at radius 1 is 1.35 bits per heavy atom. The van der Waals surface area contributed by atoms with Crippen LogP contribution < -0.4 is 0 Å². The summed E-state index contributed by atoms with van der Waals surface area (Å²) < 4.78 is 7.45. The smallest absolute Gasteiger partial charge is 0.181 e. The minimum absolute atomic E-state index is 0.712. The van der Waals surface area contributed by atoms with Gasteiger partial charge in [-0.05, 0) is 30.4 Å². The van der Waals surface area contributed by atoms with Gasteiger partial charge in [-0.1, -0.05) is 0 Å². The maximum absolute atomic E-state index is 5.39. The highest BCUT2D eigenvalue weighted by Gasteiger charge is 2.25. The van der Waals surface area contributed by atoms with E-state index >= 15 is 0 Å². The summed E-state index contributed by atoms with van der Waals surface area (Å²) in [4.78, 5) is 8.35. The van der Waals surface area contributed by atoms with Crippen molar-refractivity contribution >= 4 is 5.65 Å². The molecular weight excluding hydrogens is 214 g/mol. The van der Waals surface area contributed by atoms with Gasteiger partial charge in [0.25, 0.3) is 0 Å².